The maximum Gasteiger partial charge on any atom is 0.191 e. The van der Waals surface area contributed by atoms with Crippen LogP contribution in [0.2, 0.25) is 0 Å². The first-order valence-electron chi connectivity index (χ1n) is 9.99. The summed E-state index contributed by atoms with van der Waals surface area (Å²) in [5.41, 5.74) is 2.33. The molecule has 2 aromatic rings. The van der Waals surface area contributed by atoms with Gasteiger partial charge in [-0.3, -0.25) is 4.99 Å². The number of para-hydroxylation sites is 2. The average molecular weight is 509 g/mol. The molecule has 1 aliphatic rings. The number of hydrogen-bond acceptors (Lipinski definition) is 3. The fraction of sp³-hybridized carbons (Fsp3) is 0.435. The van der Waals surface area contributed by atoms with Crippen molar-refractivity contribution in [2.24, 2.45) is 10.9 Å². The summed E-state index contributed by atoms with van der Waals surface area (Å²) in [6.07, 6.45) is 2.59. The Morgan fingerprint density at radius 2 is 1.76 bits per heavy atom. The van der Waals surface area contributed by atoms with E-state index in [0.717, 1.165) is 42.1 Å². The molecular formula is C23H32IN3O2. The van der Waals surface area contributed by atoms with Gasteiger partial charge >= 0.3 is 0 Å². The Morgan fingerprint density at radius 1 is 1.07 bits per heavy atom. The van der Waals surface area contributed by atoms with Crippen LogP contribution in [0.4, 0.5) is 0 Å². The first-order valence-corrected chi connectivity index (χ1v) is 9.99. The van der Waals surface area contributed by atoms with Crippen LogP contribution in [0.15, 0.2) is 53.5 Å². The molecule has 0 spiro atoms. The van der Waals surface area contributed by atoms with E-state index in [9.17, 15) is 0 Å². The lowest BCUT2D eigenvalue weighted by atomic mass is 10.0. The van der Waals surface area contributed by atoms with Gasteiger partial charge in [-0.2, -0.15) is 0 Å². The highest BCUT2D eigenvalue weighted by Crippen LogP contribution is 2.30. The van der Waals surface area contributed by atoms with Gasteiger partial charge in [-0.1, -0.05) is 43.3 Å². The highest BCUT2D eigenvalue weighted by molar-refractivity contribution is 14.0. The van der Waals surface area contributed by atoms with Gasteiger partial charge in [-0.15, -0.1) is 24.0 Å². The van der Waals surface area contributed by atoms with Crippen LogP contribution >= 0.6 is 24.0 Å². The summed E-state index contributed by atoms with van der Waals surface area (Å²) >= 11 is 0. The molecular weight excluding hydrogens is 477 g/mol. The summed E-state index contributed by atoms with van der Waals surface area (Å²) in [7, 11) is 3.50. The highest BCUT2D eigenvalue weighted by Gasteiger charge is 2.22. The Morgan fingerprint density at radius 3 is 2.45 bits per heavy atom. The van der Waals surface area contributed by atoms with Crippen molar-refractivity contribution in [1.82, 2.24) is 10.6 Å². The molecule has 1 aliphatic carbocycles. The Balaban J connectivity index is 0.00000300. The lowest BCUT2D eigenvalue weighted by molar-refractivity contribution is 0.296. The molecule has 0 aromatic heterocycles. The topological polar surface area (TPSA) is 54.9 Å². The second kappa shape index (κ2) is 11.9. The van der Waals surface area contributed by atoms with Crippen molar-refractivity contribution >= 4 is 29.9 Å². The van der Waals surface area contributed by atoms with E-state index in [2.05, 4.69) is 34.7 Å². The number of halogens is 1. The smallest absolute Gasteiger partial charge is 0.191 e. The molecule has 0 heterocycles. The number of ether oxygens (including phenoxy) is 2. The fourth-order valence-electron chi connectivity index (χ4n) is 3.12. The second-order valence-corrected chi connectivity index (χ2v) is 7.31. The summed E-state index contributed by atoms with van der Waals surface area (Å²) in [4.78, 5) is 4.35. The minimum Gasteiger partial charge on any atom is -0.496 e. The molecule has 0 bridgehead atoms. The summed E-state index contributed by atoms with van der Waals surface area (Å²) < 4.78 is 11.5. The van der Waals surface area contributed by atoms with E-state index >= 15 is 0 Å². The molecule has 6 heteroatoms. The summed E-state index contributed by atoms with van der Waals surface area (Å²) in [6.45, 7) is 4.43. The third kappa shape index (κ3) is 7.10. The predicted molar refractivity (Wildman–Crippen MR) is 130 cm³/mol. The number of nitrogens with one attached hydrogen (secondary N) is 2. The molecule has 0 radical (unpaired) electrons. The zero-order valence-corrected chi connectivity index (χ0v) is 19.8. The van der Waals surface area contributed by atoms with E-state index in [1.807, 2.05) is 36.4 Å². The Labute approximate surface area is 191 Å². The Hall–Kier alpha value is -1.96. The molecule has 1 unspecified atom stereocenters. The van der Waals surface area contributed by atoms with Crippen molar-refractivity contribution in [2.45, 2.75) is 32.2 Å². The monoisotopic (exact) mass is 509 g/mol. The minimum absolute atomic E-state index is 0. The number of hydrogen-bond donors (Lipinski definition) is 2. The molecule has 2 aromatic carbocycles. The largest absolute Gasteiger partial charge is 0.496 e. The average Bonchev–Trinajstić information content (AvgIpc) is 3.57. The van der Waals surface area contributed by atoms with E-state index in [-0.39, 0.29) is 24.0 Å². The van der Waals surface area contributed by atoms with Crippen LogP contribution in [0.3, 0.4) is 0 Å². The fourth-order valence-corrected chi connectivity index (χ4v) is 3.12. The lowest BCUT2D eigenvalue weighted by Crippen LogP contribution is -2.38. The molecule has 0 amide bonds. The van der Waals surface area contributed by atoms with Crippen molar-refractivity contribution in [3.8, 4) is 11.5 Å². The van der Waals surface area contributed by atoms with Gasteiger partial charge in [0.15, 0.2) is 5.96 Å². The molecule has 0 saturated heterocycles. The van der Waals surface area contributed by atoms with Crippen molar-refractivity contribution in [1.29, 1.82) is 0 Å². The third-order valence-corrected chi connectivity index (χ3v) is 5.06. The van der Waals surface area contributed by atoms with Gasteiger partial charge in [0.25, 0.3) is 0 Å². The van der Waals surface area contributed by atoms with Gasteiger partial charge in [0, 0.05) is 31.6 Å². The van der Waals surface area contributed by atoms with E-state index in [1.54, 1.807) is 14.2 Å². The van der Waals surface area contributed by atoms with Gasteiger partial charge in [0.1, 0.15) is 11.5 Å². The predicted octanol–water partition coefficient (Wildman–Crippen LogP) is 4.57. The van der Waals surface area contributed by atoms with Crippen LogP contribution < -0.4 is 20.1 Å². The molecule has 1 fully saturated rings. The van der Waals surface area contributed by atoms with Gasteiger partial charge in [0.2, 0.25) is 0 Å². The highest BCUT2D eigenvalue weighted by atomic mass is 127. The standard InChI is InChI=1S/C23H31N3O2.HI/c1-17(20-9-5-7-11-22(20)27-3)14-25-23(24-2)26-15-19-8-4-6-10-21(19)28-16-18-12-13-18;/h4-11,17-18H,12-16H2,1-3H3,(H2,24,25,26);1H. The molecule has 1 saturated carbocycles. The number of benzene rings is 2. The maximum atomic E-state index is 5.99. The van der Waals surface area contributed by atoms with Crippen LogP contribution in [-0.4, -0.2) is 33.3 Å². The second-order valence-electron chi connectivity index (χ2n) is 7.31. The van der Waals surface area contributed by atoms with Crippen molar-refractivity contribution in [2.75, 3.05) is 27.3 Å². The number of guanidine groups is 1. The molecule has 0 aliphatic heterocycles. The van der Waals surface area contributed by atoms with Gasteiger partial charge in [0.05, 0.1) is 13.7 Å². The molecule has 1 atom stereocenters. The normalized spacial score (nSPS) is 14.5. The zero-order chi connectivity index (χ0) is 19.8. The molecule has 29 heavy (non-hydrogen) atoms. The summed E-state index contributed by atoms with van der Waals surface area (Å²) in [6, 6.07) is 16.3. The van der Waals surface area contributed by atoms with E-state index < -0.39 is 0 Å². The van der Waals surface area contributed by atoms with Gasteiger partial charge in [-0.05, 0) is 36.5 Å². The third-order valence-electron chi connectivity index (χ3n) is 5.06. The van der Waals surface area contributed by atoms with E-state index in [4.69, 9.17) is 9.47 Å². The van der Waals surface area contributed by atoms with Crippen LogP contribution in [0.5, 0.6) is 11.5 Å². The van der Waals surface area contributed by atoms with E-state index in [0.29, 0.717) is 12.5 Å². The summed E-state index contributed by atoms with van der Waals surface area (Å²) in [5.74, 6) is 3.69. The van der Waals surface area contributed by atoms with Crippen molar-refractivity contribution in [3.05, 3.63) is 59.7 Å². The van der Waals surface area contributed by atoms with Crippen LogP contribution in [-0.2, 0) is 6.54 Å². The quantitative estimate of drug-likeness (QED) is 0.296. The van der Waals surface area contributed by atoms with Gasteiger partial charge < -0.3 is 20.1 Å². The van der Waals surface area contributed by atoms with Crippen molar-refractivity contribution in [3.63, 3.8) is 0 Å². The molecule has 2 N–H and O–H groups in total. The molecule has 3 rings (SSSR count). The molecule has 5 nitrogen and oxygen atoms in total. The number of methoxy groups -OCH3 is 1. The number of nitrogens with zero attached hydrogens (tertiary/aromatic N) is 1. The summed E-state index contributed by atoms with van der Waals surface area (Å²) in [5, 5.41) is 6.80. The first kappa shape index (κ1) is 23.3. The van der Waals surface area contributed by atoms with Crippen LogP contribution in [0.25, 0.3) is 0 Å². The maximum absolute atomic E-state index is 5.99. The first-order chi connectivity index (χ1) is 13.7. The Kier molecular flexibility index (Phi) is 9.57. The number of aliphatic imine (C=N–C) groups is 1. The SMILES string of the molecule is CN=C(NCc1ccccc1OCC1CC1)NCC(C)c1ccccc1OC.I. The van der Waals surface area contributed by atoms with Crippen LogP contribution in [0.1, 0.15) is 36.8 Å². The zero-order valence-electron chi connectivity index (χ0n) is 17.5. The van der Waals surface area contributed by atoms with Gasteiger partial charge in [-0.25, -0.2) is 0 Å². The lowest BCUT2D eigenvalue weighted by Gasteiger charge is -2.19. The number of rotatable bonds is 9. The molecule has 158 valence electrons. The Bertz CT molecular complexity index is 793. The van der Waals surface area contributed by atoms with E-state index in [1.165, 1.54) is 18.4 Å². The minimum atomic E-state index is 0. The van der Waals surface area contributed by atoms with Crippen LogP contribution in [0, 0.1) is 5.92 Å². The van der Waals surface area contributed by atoms with Crippen molar-refractivity contribution < 1.29 is 9.47 Å².